The van der Waals surface area contributed by atoms with Gasteiger partial charge in [-0.25, -0.2) is 4.39 Å². The van der Waals surface area contributed by atoms with Gasteiger partial charge < -0.3 is 14.2 Å². The van der Waals surface area contributed by atoms with Crippen LogP contribution in [0.2, 0.25) is 0 Å². The van der Waals surface area contributed by atoms with Crippen LogP contribution in [-0.2, 0) is 19.5 Å². The van der Waals surface area contributed by atoms with Gasteiger partial charge >= 0.3 is 0 Å². The lowest BCUT2D eigenvalue weighted by atomic mass is 9.91. The largest absolute Gasteiger partial charge is 0.493 e. The zero-order valence-electron chi connectivity index (χ0n) is 21.5. The Morgan fingerprint density at radius 3 is 2.46 bits per heavy atom. The van der Waals surface area contributed by atoms with Gasteiger partial charge in [0.05, 0.1) is 23.6 Å². The van der Waals surface area contributed by atoms with Crippen LogP contribution < -0.4 is 4.74 Å². The number of halogens is 4. The first-order chi connectivity index (χ1) is 16.6. The summed E-state index contributed by atoms with van der Waals surface area (Å²) in [4.78, 5) is 8.65. The SMILES string of the molecule is CN(C)Cc1c(OCC2CC2)ccc2c(CCC3CCN(Cc4ncccc4F)CC3)noc12.Cl.Cl.Cl. The smallest absolute Gasteiger partial charge is 0.175 e. The van der Waals surface area contributed by atoms with E-state index in [4.69, 9.17) is 9.26 Å². The molecule has 0 radical (unpaired) electrons. The summed E-state index contributed by atoms with van der Waals surface area (Å²) in [6, 6.07) is 7.35. The van der Waals surface area contributed by atoms with Crippen molar-refractivity contribution in [1.82, 2.24) is 19.9 Å². The lowest BCUT2D eigenvalue weighted by molar-refractivity contribution is 0.168. The van der Waals surface area contributed by atoms with Crippen molar-refractivity contribution in [3.63, 3.8) is 0 Å². The highest BCUT2D eigenvalue weighted by Crippen LogP contribution is 2.35. The van der Waals surface area contributed by atoms with Crippen LogP contribution in [0.15, 0.2) is 35.0 Å². The van der Waals surface area contributed by atoms with E-state index < -0.39 is 0 Å². The van der Waals surface area contributed by atoms with Crippen LogP contribution in [0, 0.1) is 17.7 Å². The van der Waals surface area contributed by atoms with E-state index in [0.29, 0.717) is 24.1 Å². The van der Waals surface area contributed by atoms with Crippen LogP contribution in [-0.4, -0.2) is 53.7 Å². The molecule has 5 rings (SSSR count). The number of fused-ring (bicyclic) bond motifs is 1. The molecule has 6 nitrogen and oxygen atoms in total. The first-order valence-electron chi connectivity index (χ1n) is 12.6. The van der Waals surface area contributed by atoms with Crippen molar-refractivity contribution >= 4 is 48.2 Å². The summed E-state index contributed by atoms with van der Waals surface area (Å²) < 4.78 is 25.9. The lowest BCUT2D eigenvalue weighted by Gasteiger charge is -2.31. The molecule has 1 saturated heterocycles. The second-order valence-corrected chi connectivity index (χ2v) is 10.2. The molecule has 1 saturated carbocycles. The molecule has 1 aromatic carbocycles. The number of piperidine rings is 1. The minimum absolute atomic E-state index is 0. The van der Waals surface area contributed by atoms with Gasteiger partial charge in [0, 0.05) is 24.7 Å². The molecule has 0 spiro atoms. The number of aryl methyl sites for hydroxylation is 1. The van der Waals surface area contributed by atoms with Gasteiger partial charge in [0.2, 0.25) is 0 Å². The number of hydrogen-bond donors (Lipinski definition) is 0. The normalized spacial score (nSPS) is 16.2. The van der Waals surface area contributed by atoms with Gasteiger partial charge in [0.1, 0.15) is 11.6 Å². The van der Waals surface area contributed by atoms with E-state index in [-0.39, 0.29) is 43.0 Å². The maximum atomic E-state index is 13.9. The molecule has 3 heterocycles. The third-order valence-corrected chi connectivity index (χ3v) is 7.13. The first kappa shape index (κ1) is 31.6. The molecule has 0 N–H and O–H groups in total. The van der Waals surface area contributed by atoms with Crippen molar-refractivity contribution in [2.45, 2.75) is 51.6 Å². The van der Waals surface area contributed by atoms with E-state index >= 15 is 0 Å². The summed E-state index contributed by atoms with van der Waals surface area (Å²) in [6.45, 7) is 4.11. The van der Waals surface area contributed by atoms with Gasteiger partial charge in [-0.2, -0.15) is 0 Å². The third kappa shape index (κ3) is 8.17. The van der Waals surface area contributed by atoms with Gasteiger partial charge in [-0.1, -0.05) is 5.16 Å². The zero-order valence-corrected chi connectivity index (χ0v) is 24.0. The molecular formula is C27H38Cl3FN4O2. The molecule has 206 valence electrons. The fourth-order valence-corrected chi connectivity index (χ4v) is 4.89. The second kappa shape index (κ2) is 14.5. The van der Waals surface area contributed by atoms with E-state index in [2.05, 4.69) is 46.2 Å². The number of benzene rings is 1. The number of pyridine rings is 1. The molecule has 1 aliphatic heterocycles. The fraction of sp³-hybridized carbons (Fsp3) is 0.556. The van der Waals surface area contributed by atoms with Gasteiger partial charge in [-0.15, -0.1) is 37.2 Å². The lowest BCUT2D eigenvalue weighted by Crippen LogP contribution is -2.33. The molecule has 2 aromatic heterocycles. The minimum atomic E-state index is -0.211. The highest BCUT2D eigenvalue weighted by Gasteiger charge is 2.25. The summed E-state index contributed by atoms with van der Waals surface area (Å²) >= 11 is 0. The number of likely N-dealkylation sites (tertiary alicyclic amines) is 1. The average molecular weight is 576 g/mol. The maximum absolute atomic E-state index is 13.9. The molecule has 0 amide bonds. The minimum Gasteiger partial charge on any atom is -0.493 e. The summed E-state index contributed by atoms with van der Waals surface area (Å²) in [5.41, 5.74) is 3.55. The quantitative estimate of drug-likeness (QED) is 0.282. The van der Waals surface area contributed by atoms with Crippen LogP contribution in [0.5, 0.6) is 5.75 Å². The zero-order chi connectivity index (χ0) is 23.5. The van der Waals surface area contributed by atoms with Gasteiger partial charge in [-0.3, -0.25) is 9.88 Å². The summed E-state index contributed by atoms with van der Waals surface area (Å²) in [5, 5.41) is 5.58. The highest BCUT2D eigenvalue weighted by molar-refractivity contribution is 5.86. The van der Waals surface area contributed by atoms with Crippen molar-refractivity contribution in [3.05, 3.63) is 53.2 Å². The molecule has 0 bridgehead atoms. The predicted octanol–water partition coefficient (Wildman–Crippen LogP) is 6.32. The number of ether oxygens (including phenoxy) is 1. The molecule has 2 aliphatic rings. The monoisotopic (exact) mass is 574 g/mol. The standard InChI is InChI=1S/C27H35FN4O2.3ClH/c1-31(2)16-22-26(33-18-20-5-6-20)10-8-21-24(30-34-27(21)22)9-7-19-11-14-32(15-12-19)17-25-23(28)4-3-13-29-25;;;/h3-4,8,10,13,19-20H,5-7,9,11-12,14-18H2,1-2H3;3*1H. The van der Waals surface area contributed by atoms with Crippen molar-refractivity contribution < 1.29 is 13.7 Å². The summed E-state index contributed by atoms with van der Waals surface area (Å²) in [5.74, 6) is 2.08. The Labute approximate surface area is 237 Å². The Bertz CT molecular complexity index is 1120. The fourth-order valence-electron chi connectivity index (χ4n) is 4.89. The van der Waals surface area contributed by atoms with Gasteiger partial charge in [-0.05, 0) is 102 Å². The second-order valence-electron chi connectivity index (χ2n) is 10.2. The van der Waals surface area contributed by atoms with Crippen LogP contribution in [0.25, 0.3) is 11.0 Å². The highest BCUT2D eigenvalue weighted by atomic mass is 35.5. The molecule has 2 fully saturated rings. The van der Waals surface area contributed by atoms with Crippen molar-refractivity contribution in [1.29, 1.82) is 0 Å². The van der Waals surface area contributed by atoms with Gasteiger partial charge in [0.15, 0.2) is 5.58 Å². The first-order valence-corrected chi connectivity index (χ1v) is 12.6. The van der Waals surface area contributed by atoms with Crippen molar-refractivity contribution in [2.24, 2.45) is 11.8 Å². The van der Waals surface area contributed by atoms with Crippen LogP contribution in [0.1, 0.15) is 49.1 Å². The van der Waals surface area contributed by atoms with Crippen LogP contribution >= 0.6 is 37.2 Å². The topological polar surface area (TPSA) is 54.6 Å². The van der Waals surface area contributed by atoms with Gasteiger partial charge in [0.25, 0.3) is 0 Å². The molecule has 3 aromatic rings. The molecule has 37 heavy (non-hydrogen) atoms. The maximum Gasteiger partial charge on any atom is 0.175 e. The number of hydrogen-bond acceptors (Lipinski definition) is 6. The van der Waals surface area contributed by atoms with E-state index in [1.54, 1.807) is 12.3 Å². The number of rotatable bonds is 10. The van der Waals surface area contributed by atoms with E-state index in [0.717, 1.165) is 79.9 Å². The third-order valence-electron chi connectivity index (χ3n) is 7.13. The molecule has 1 aliphatic carbocycles. The Kier molecular flexibility index (Phi) is 12.4. The molecular weight excluding hydrogens is 538 g/mol. The molecule has 10 heteroatoms. The molecule has 0 unspecified atom stereocenters. The summed E-state index contributed by atoms with van der Waals surface area (Å²) in [7, 11) is 4.13. The molecule has 0 atom stereocenters. The van der Waals surface area contributed by atoms with Crippen molar-refractivity contribution in [2.75, 3.05) is 33.8 Å². The van der Waals surface area contributed by atoms with Crippen molar-refractivity contribution in [3.8, 4) is 5.75 Å². The Hall–Kier alpha value is -1.64. The average Bonchev–Trinajstić information content (AvgIpc) is 3.57. The Morgan fingerprint density at radius 2 is 1.78 bits per heavy atom. The summed E-state index contributed by atoms with van der Waals surface area (Å²) in [6.07, 6.45) is 8.46. The Morgan fingerprint density at radius 1 is 1.03 bits per heavy atom. The van der Waals surface area contributed by atoms with E-state index in [1.807, 2.05) is 0 Å². The Balaban J connectivity index is 0.00000160. The van der Waals surface area contributed by atoms with E-state index in [1.165, 1.54) is 18.9 Å². The van der Waals surface area contributed by atoms with Crippen LogP contribution in [0.4, 0.5) is 4.39 Å². The number of aromatic nitrogens is 2. The van der Waals surface area contributed by atoms with Crippen LogP contribution in [0.3, 0.4) is 0 Å². The predicted molar refractivity (Wildman–Crippen MR) is 152 cm³/mol. The van der Waals surface area contributed by atoms with E-state index in [9.17, 15) is 4.39 Å². The number of nitrogens with zero attached hydrogens (tertiary/aromatic N) is 4.